The molecule has 0 radical (unpaired) electrons. The van der Waals surface area contributed by atoms with E-state index in [1.807, 2.05) is 30.3 Å². The third-order valence-corrected chi connectivity index (χ3v) is 5.72. The van der Waals surface area contributed by atoms with Gasteiger partial charge in [-0.25, -0.2) is 17.9 Å². The van der Waals surface area contributed by atoms with Gasteiger partial charge >= 0.3 is 6.09 Å². The summed E-state index contributed by atoms with van der Waals surface area (Å²) < 4.78 is 33.7. The van der Waals surface area contributed by atoms with Gasteiger partial charge in [-0.2, -0.15) is 0 Å². The zero-order chi connectivity index (χ0) is 20.7. The summed E-state index contributed by atoms with van der Waals surface area (Å²) in [6, 6.07) is 16.9. The second kappa shape index (κ2) is 9.52. The number of amides is 1. The lowest BCUT2D eigenvalue weighted by Crippen LogP contribution is -2.31. The van der Waals surface area contributed by atoms with E-state index in [1.54, 1.807) is 51.4 Å². The van der Waals surface area contributed by atoms with Gasteiger partial charge in [0, 0.05) is 14.1 Å². The zero-order valence-corrected chi connectivity index (χ0v) is 17.1. The van der Waals surface area contributed by atoms with E-state index in [0.29, 0.717) is 5.57 Å². The second-order valence-electron chi connectivity index (χ2n) is 6.68. The number of ether oxygens (including phenoxy) is 1. The van der Waals surface area contributed by atoms with Crippen molar-refractivity contribution in [2.45, 2.75) is 30.4 Å². The number of hydrogen-bond donors (Lipinski definition) is 1. The molecule has 1 amide bonds. The molecule has 150 valence electrons. The van der Waals surface area contributed by atoms with Gasteiger partial charge in [0.2, 0.25) is 10.0 Å². The van der Waals surface area contributed by atoms with Crippen molar-refractivity contribution >= 4 is 16.1 Å². The van der Waals surface area contributed by atoms with Gasteiger partial charge in [0.25, 0.3) is 0 Å². The molecule has 0 fully saturated rings. The first-order chi connectivity index (χ1) is 13.2. The molecule has 6 nitrogen and oxygen atoms in total. The largest absolute Gasteiger partial charge is 0.442 e. The van der Waals surface area contributed by atoms with Crippen molar-refractivity contribution in [3.05, 3.63) is 78.4 Å². The summed E-state index contributed by atoms with van der Waals surface area (Å²) in [4.78, 5) is 13.3. The molecule has 0 aliphatic rings. The molecule has 2 atom stereocenters. The number of carbonyl (C=O) groups excluding carboxylic acids is 1. The smallest absolute Gasteiger partial charge is 0.409 e. The summed E-state index contributed by atoms with van der Waals surface area (Å²) in [7, 11) is -0.531. The maximum Gasteiger partial charge on any atom is 0.409 e. The van der Waals surface area contributed by atoms with Crippen LogP contribution in [0.25, 0.3) is 0 Å². The lowest BCUT2D eigenvalue weighted by Gasteiger charge is -2.24. The molecule has 0 saturated heterocycles. The highest BCUT2D eigenvalue weighted by atomic mass is 32.2. The van der Waals surface area contributed by atoms with Crippen molar-refractivity contribution in [1.82, 2.24) is 9.62 Å². The van der Waals surface area contributed by atoms with Crippen molar-refractivity contribution < 1.29 is 17.9 Å². The Balaban J connectivity index is 2.21. The molecule has 0 unspecified atom stereocenters. The number of hydrogen-bond acceptors (Lipinski definition) is 4. The van der Waals surface area contributed by atoms with Crippen LogP contribution >= 0.6 is 0 Å². The van der Waals surface area contributed by atoms with Crippen molar-refractivity contribution in [3.63, 3.8) is 0 Å². The van der Waals surface area contributed by atoms with Gasteiger partial charge in [0.1, 0.15) is 6.10 Å². The molecule has 2 aromatic rings. The summed E-state index contributed by atoms with van der Waals surface area (Å²) in [6.07, 6.45) is -0.741. The van der Waals surface area contributed by atoms with Crippen LogP contribution in [0.3, 0.4) is 0 Å². The van der Waals surface area contributed by atoms with Crippen LogP contribution in [0.5, 0.6) is 0 Å². The first-order valence-corrected chi connectivity index (χ1v) is 10.4. The molecule has 28 heavy (non-hydrogen) atoms. The van der Waals surface area contributed by atoms with Gasteiger partial charge in [-0.3, -0.25) is 0 Å². The molecular formula is C21H26N2O4S. The van der Waals surface area contributed by atoms with Crippen LogP contribution in [0.4, 0.5) is 4.79 Å². The van der Waals surface area contributed by atoms with Crippen LogP contribution < -0.4 is 4.72 Å². The summed E-state index contributed by atoms with van der Waals surface area (Å²) in [6.45, 7) is 5.72. The normalized spacial score (nSPS) is 13.4. The monoisotopic (exact) mass is 402 g/mol. The Hall–Kier alpha value is -2.64. The maximum atomic E-state index is 12.8. The molecule has 2 aromatic carbocycles. The number of sulfonamides is 1. The van der Waals surface area contributed by atoms with Crippen molar-refractivity contribution in [2.75, 3.05) is 14.1 Å². The quantitative estimate of drug-likeness (QED) is 0.683. The molecule has 1 N–H and O–H groups in total. The number of benzene rings is 2. The van der Waals surface area contributed by atoms with Gasteiger partial charge < -0.3 is 9.64 Å². The lowest BCUT2D eigenvalue weighted by atomic mass is 9.98. The fourth-order valence-corrected chi connectivity index (χ4v) is 3.78. The van der Waals surface area contributed by atoms with Gasteiger partial charge in [0.05, 0.1) is 10.9 Å². The predicted octanol–water partition coefficient (Wildman–Crippen LogP) is 3.74. The van der Waals surface area contributed by atoms with Crippen LogP contribution in [0.2, 0.25) is 0 Å². The minimum Gasteiger partial charge on any atom is -0.442 e. The first-order valence-electron chi connectivity index (χ1n) is 8.88. The van der Waals surface area contributed by atoms with E-state index < -0.39 is 28.3 Å². The van der Waals surface area contributed by atoms with Crippen LogP contribution in [0, 0.1) is 0 Å². The molecule has 7 heteroatoms. The molecular weight excluding hydrogens is 376 g/mol. The van der Waals surface area contributed by atoms with Gasteiger partial charge in [-0.1, -0.05) is 55.1 Å². The second-order valence-corrected chi connectivity index (χ2v) is 8.39. The number of carbonyl (C=O) groups is 1. The zero-order valence-electron chi connectivity index (χ0n) is 16.3. The number of nitrogens with one attached hydrogen (secondary N) is 1. The Morgan fingerprint density at radius 2 is 1.61 bits per heavy atom. The molecule has 0 heterocycles. The minimum absolute atomic E-state index is 0.189. The van der Waals surface area contributed by atoms with Crippen molar-refractivity contribution in [2.24, 2.45) is 0 Å². The van der Waals surface area contributed by atoms with Crippen molar-refractivity contribution in [3.8, 4) is 0 Å². The predicted molar refractivity (Wildman–Crippen MR) is 109 cm³/mol. The highest BCUT2D eigenvalue weighted by Gasteiger charge is 2.24. The average Bonchev–Trinajstić information content (AvgIpc) is 2.68. The molecule has 0 aliphatic carbocycles. The van der Waals surface area contributed by atoms with Gasteiger partial charge in [-0.05, 0) is 36.6 Å². The summed E-state index contributed by atoms with van der Waals surface area (Å²) >= 11 is 0. The van der Waals surface area contributed by atoms with E-state index in [2.05, 4.69) is 11.3 Å². The van der Waals surface area contributed by atoms with Crippen LogP contribution in [-0.4, -0.2) is 39.6 Å². The maximum absolute atomic E-state index is 12.8. The highest BCUT2D eigenvalue weighted by molar-refractivity contribution is 7.89. The Morgan fingerprint density at radius 3 is 2.14 bits per heavy atom. The number of nitrogens with zero attached hydrogens (tertiary/aromatic N) is 1. The Kier molecular flexibility index (Phi) is 7.37. The Morgan fingerprint density at radius 1 is 1.07 bits per heavy atom. The first kappa shape index (κ1) is 21.7. The van der Waals surface area contributed by atoms with Crippen LogP contribution in [0.1, 0.15) is 24.9 Å². The highest BCUT2D eigenvalue weighted by Crippen LogP contribution is 2.25. The van der Waals surface area contributed by atoms with E-state index in [9.17, 15) is 13.2 Å². The van der Waals surface area contributed by atoms with E-state index in [-0.39, 0.29) is 11.3 Å². The summed E-state index contributed by atoms with van der Waals surface area (Å²) in [5.41, 5.74) is 1.41. The standard InChI is InChI=1S/C21H26N2O4S/c1-16(17(2)27-21(24)23(3)4)15-20(18-11-7-5-8-12-18)22-28(25,26)19-13-9-6-10-14-19/h5-14,17,20,22H,1,15H2,2-4H3/t17-,20+/m1/s1. The topological polar surface area (TPSA) is 75.7 Å². The SMILES string of the molecule is C=C(C[C@H](NS(=O)(=O)c1ccccc1)c1ccccc1)[C@@H](C)OC(=O)N(C)C. The third-order valence-electron chi connectivity index (χ3n) is 4.24. The lowest BCUT2D eigenvalue weighted by molar-refractivity contribution is 0.0948. The Bertz CT molecular complexity index is 897. The van der Waals surface area contributed by atoms with Crippen molar-refractivity contribution in [1.29, 1.82) is 0 Å². The van der Waals surface area contributed by atoms with Gasteiger partial charge in [-0.15, -0.1) is 0 Å². The van der Waals surface area contributed by atoms with Gasteiger partial charge in [0.15, 0.2) is 0 Å². The molecule has 0 saturated carbocycles. The van der Waals surface area contributed by atoms with E-state index >= 15 is 0 Å². The molecule has 0 bridgehead atoms. The third kappa shape index (κ3) is 5.94. The molecule has 0 aromatic heterocycles. The minimum atomic E-state index is -3.72. The Labute approximate surface area is 166 Å². The molecule has 0 aliphatic heterocycles. The van der Waals surface area contributed by atoms with Crippen LogP contribution in [-0.2, 0) is 14.8 Å². The summed E-state index contributed by atoms with van der Waals surface area (Å²) in [5, 5.41) is 0. The average molecular weight is 403 g/mol. The molecule has 2 rings (SSSR count). The fraction of sp³-hybridized carbons (Fsp3) is 0.286. The van der Waals surface area contributed by atoms with E-state index in [4.69, 9.17) is 4.74 Å². The fourth-order valence-electron chi connectivity index (χ4n) is 2.54. The van der Waals surface area contributed by atoms with E-state index in [0.717, 1.165) is 5.56 Å². The van der Waals surface area contributed by atoms with E-state index in [1.165, 1.54) is 4.90 Å². The van der Waals surface area contributed by atoms with Crippen LogP contribution in [0.15, 0.2) is 77.7 Å². The number of rotatable bonds is 8. The summed E-state index contributed by atoms with van der Waals surface area (Å²) in [5.74, 6) is 0. The molecule has 0 spiro atoms.